The summed E-state index contributed by atoms with van der Waals surface area (Å²) in [6.45, 7) is 1.04. The van der Waals surface area contributed by atoms with Gasteiger partial charge in [0.05, 0.1) is 12.1 Å². The van der Waals surface area contributed by atoms with Crippen LogP contribution in [0.5, 0.6) is 0 Å². The monoisotopic (exact) mass is 408 g/mol. The molecule has 1 aliphatic carbocycles. The Morgan fingerprint density at radius 1 is 1.17 bits per heavy atom. The number of likely N-dealkylation sites (tertiary alicyclic amines) is 1. The fourth-order valence-electron chi connectivity index (χ4n) is 4.61. The van der Waals surface area contributed by atoms with E-state index in [1.807, 2.05) is 30.3 Å². The largest absolute Gasteiger partial charge is 0.445 e. The van der Waals surface area contributed by atoms with Crippen LogP contribution >= 0.6 is 0 Å². The quantitative estimate of drug-likeness (QED) is 0.771. The number of rotatable bonds is 3. The molecule has 0 spiro atoms. The summed E-state index contributed by atoms with van der Waals surface area (Å²) in [5.41, 5.74) is 0.916. The van der Waals surface area contributed by atoms with Crippen LogP contribution in [0.4, 0.5) is 13.6 Å². The summed E-state index contributed by atoms with van der Waals surface area (Å²) in [6, 6.07) is 8.72. The van der Waals surface area contributed by atoms with Crippen LogP contribution in [0.25, 0.3) is 0 Å². The number of hydrogen-bond donors (Lipinski definition) is 0. The number of ether oxygens (including phenoxy) is 2. The van der Waals surface area contributed by atoms with Gasteiger partial charge in [-0.3, -0.25) is 4.79 Å². The highest BCUT2D eigenvalue weighted by atomic mass is 19.3. The van der Waals surface area contributed by atoms with E-state index in [0.29, 0.717) is 25.9 Å². The van der Waals surface area contributed by atoms with Gasteiger partial charge in [0, 0.05) is 32.0 Å². The van der Waals surface area contributed by atoms with Crippen molar-refractivity contribution in [3.8, 4) is 0 Å². The molecule has 0 bridgehead atoms. The Labute approximate surface area is 168 Å². The summed E-state index contributed by atoms with van der Waals surface area (Å²) in [5.74, 6) is -2.99. The number of carbonyl (C=O) groups is 2. The fraction of sp³-hybridized carbons (Fsp3) is 0.619. The van der Waals surface area contributed by atoms with Gasteiger partial charge in [-0.05, 0) is 24.8 Å². The number of amides is 2. The lowest BCUT2D eigenvalue weighted by atomic mass is 9.85. The number of halogens is 2. The Bertz CT molecular complexity index is 737. The molecule has 1 aromatic carbocycles. The molecule has 29 heavy (non-hydrogen) atoms. The van der Waals surface area contributed by atoms with Crippen LogP contribution in [0.3, 0.4) is 0 Å². The molecule has 8 heteroatoms. The van der Waals surface area contributed by atoms with Gasteiger partial charge in [0.2, 0.25) is 11.8 Å². The smallest absolute Gasteiger partial charge is 0.410 e. The predicted molar refractivity (Wildman–Crippen MR) is 100 cm³/mol. The Balaban J connectivity index is 1.33. The highest BCUT2D eigenvalue weighted by molar-refractivity contribution is 5.79. The molecule has 6 nitrogen and oxygen atoms in total. The number of nitrogens with zero attached hydrogens (tertiary/aromatic N) is 2. The van der Waals surface area contributed by atoms with Crippen LogP contribution in [-0.4, -0.2) is 65.6 Å². The highest BCUT2D eigenvalue weighted by Crippen LogP contribution is 2.40. The zero-order valence-electron chi connectivity index (χ0n) is 16.3. The third-order valence-corrected chi connectivity index (χ3v) is 6.12. The molecule has 2 amide bonds. The van der Waals surface area contributed by atoms with E-state index in [4.69, 9.17) is 9.47 Å². The third-order valence-electron chi connectivity index (χ3n) is 6.12. The first-order valence-corrected chi connectivity index (χ1v) is 10.2. The van der Waals surface area contributed by atoms with Crippen molar-refractivity contribution in [1.82, 2.24) is 9.80 Å². The molecule has 2 saturated heterocycles. The number of fused-ring (bicyclic) bond motifs is 1. The molecule has 0 unspecified atom stereocenters. The second-order valence-electron chi connectivity index (χ2n) is 8.07. The van der Waals surface area contributed by atoms with Crippen LogP contribution < -0.4 is 0 Å². The van der Waals surface area contributed by atoms with Gasteiger partial charge < -0.3 is 19.3 Å². The van der Waals surface area contributed by atoms with Crippen molar-refractivity contribution in [2.75, 3.05) is 19.7 Å². The summed E-state index contributed by atoms with van der Waals surface area (Å²) < 4.78 is 38.8. The van der Waals surface area contributed by atoms with Gasteiger partial charge in [-0.2, -0.15) is 0 Å². The zero-order chi connectivity index (χ0) is 20.4. The van der Waals surface area contributed by atoms with Gasteiger partial charge in [0.25, 0.3) is 0 Å². The maximum Gasteiger partial charge on any atom is 0.410 e. The maximum atomic E-state index is 14.0. The minimum Gasteiger partial charge on any atom is -0.445 e. The Morgan fingerprint density at radius 2 is 1.90 bits per heavy atom. The second kappa shape index (κ2) is 8.26. The van der Waals surface area contributed by atoms with Crippen molar-refractivity contribution in [3.05, 3.63) is 35.9 Å². The lowest BCUT2D eigenvalue weighted by molar-refractivity contribution is -0.183. The summed E-state index contributed by atoms with van der Waals surface area (Å²) >= 11 is 0. The molecule has 0 radical (unpaired) electrons. The van der Waals surface area contributed by atoms with E-state index in [0.717, 1.165) is 5.56 Å². The first-order chi connectivity index (χ1) is 13.9. The van der Waals surface area contributed by atoms with Gasteiger partial charge in [-0.1, -0.05) is 30.3 Å². The standard InChI is InChI=1S/C21H26F2N2O4/c22-21(23)9-6-18-17(12-21)25(19(26)14-28-18)16-7-10-24(11-8-16)20(27)29-13-15-4-2-1-3-5-15/h1-5,16-18H,6-14H2/t17-,18-/m1/s1. The number of morpholine rings is 1. The SMILES string of the molecule is O=C(OCc1ccccc1)N1CCC(N2C(=O)CO[C@@H]3CCC(F)(F)C[C@H]32)CC1. The number of hydrogen-bond acceptors (Lipinski definition) is 4. The van der Waals surface area contributed by atoms with Crippen LogP contribution in [0.1, 0.15) is 37.7 Å². The molecule has 2 atom stereocenters. The van der Waals surface area contributed by atoms with Crippen LogP contribution in [0.15, 0.2) is 30.3 Å². The van der Waals surface area contributed by atoms with E-state index >= 15 is 0 Å². The number of alkyl halides is 2. The van der Waals surface area contributed by atoms with Gasteiger partial charge in [-0.25, -0.2) is 13.6 Å². The average Bonchev–Trinajstić information content (AvgIpc) is 2.72. The molecule has 3 fully saturated rings. The summed E-state index contributed by atoms with van der Waals surface area (Å²) in [7, 11) is 0. The normalized spacial score (nSPS) is 27.4. The predicted octanol–water partition coefficient (Wildman–Crippen LogP) is 3.20. The molecule has 3 aliphatic rings. The highest BCUT2D eigenvalue weighted by Gasteiger charge is 2.49. The van der Waals surface area contributed by atoms with Crippen molar-refractivity contribution in [1.29, 1.82) is 0 Å². The molecule has 1 aromatic rings. The van der Waals surface area contributed by atoms with E-state index in [1.54, 1.807) is 9.80 Å². The molecule has 158 valence electrons. The topological polar surface area (TPSA) is 59.1 Å². The minimum atomic E-state index is -2.76. The molecule has 2 heterocycles. The van der Waals surface area contributed by atoms with E-state index < -0.39 is 12.0 Å². The summed E-state index contributed by atoms with van der Waals surface area (Å²) in [4.78, 5) is 28.1. The number of piperidine rings is 1. The Hall–Kier alpha value is -2.22. The van der Waals surface area contributed by atoms with Crippen molar-refractivity contribution in [3.63, 3.8) is 0 Å². The maximum absolute atomic E-state index is 14.0. The van der Waals surface area contributed by atoms with Gasteiger partial charge in [-0.15, -0.1) is 0 Å². The minimum absolute atomic E-state index is 0.0495. The molecular formula is C21H26F2N2O4. The van der Waals surface area contributed by atoms with E-state index in [2.05, 4.69) is 0 Å². The van der Waals surface area contributed by atoms with Gasteiger partial charge in [0.1, 0.15) is 13.2 Å². The van der Waals surface area contributed by atoms with Crippen LogP contribution in [0.2, 0.25) is 0 Å². The molecule has 0 N–H and O–H groups in total. The van der Waals surface area contributed by atoms with Crippen LogP contribution in [-0.2, 0) is 20.9 Å². The van der Waals surface area contributed by atoms with Crippen LogP contribution in [0, 0.1) is 0 Å². The van der Waals surface area contributed by atoms with E-state index in [1.165, 1.54) is 0 Å². The van der Waals surface area contributed by atoms with Gasteiger partial charge in [0.15, 0.2) is 0 Å². The fourth-order valence-corrected chi connectivity index (χ4v) is 4.61. The van der Waals surface area contributed by atoms with E-state index in [9.17, 15) is 18.4 Å². The van der Waals surface area contributed by atoms with E-state index in [-0.39, 0.29) is 56.6 Å². The number of carbonyl (C=O) groups excluding carboxylic acids is 2. The first kappa shape index (κ1) is 20.1. The Kier molecular flexibility index (Phi) is 5.72. The lowest BCUT2D eigenvalue weighted by Gasteiger charge is -2.50. The van der Waals surface area contributed by atoms with Gasteiger partial charge >= 0.3 is 6.09 Å². The average molecular weight is 408 g/mol. The second-order valence-corrected chi connectivity index (χ2v) is 8.07. The summed E-state index contributed by atoms with van der Waals surface area (Å²) in [6.07, 6.45) is 0.141. The molecule has 2 aliphatic heterocycles. The molecule has 1 saturated carbocycles. The molecule has 0 aromatic heterocycles. The molecule has 4 rings (SSSR count). The zero-order valence-corrected chi connectivity index (χ0v) is 16.3. The summed E-state index contributed by atoms with van der Waals surface area (Å²) in [5, 5.41) is 0. The molecular weight excluding hydrogens is 382 g/mol. The lowest BCUT2D eigenvalue weighted by Crippen LogP contribution is -2.63. The Morgan fingerprint density at radius 3 is 2.62 bits per heavy atom. The van der Waals surface area contributed by atoms with Crippen molar-refractivity contribution < 1.29 is 27.8 Å². The first-order valence-electron chi connectivity index (χ1n) is 10.2. The van der Waals surface area contributed by atoms with Crippen molar-refractivity contribution in [2.24, 2.45) is 0 Å². The van der Waals surface area contributed by atoms with Crippen molar-refractivity contribution in [2.45, 2.75) is 62.8 Å². The number of benzene rings is 1. The third kappa shape index (κ3) is 4.52. The van der Waals surface area contributed by atoms with Crippen molar-refractivity contribution >= 4 is 12.0 Å².